The number of thiol groups is 1. The summed E-state index contributed by atoms with van der Waals surface area (Å²) in [4.78, 5) is 16.2. The van der Waals surface area contributed by atoms with Crippen molar-refractivity contribution in [2.45, 2.75) is 31.7 Å². The zero-order valence-corrected chi connectivity index (χ0v) is 11.0. The molecule has 1 amide bonds. The smallest absolute Gasteiger partial charge is 0.222 e. The first-order valence-corrected chi connectivity index (χ1v) is 6.93. The lowest BCUT2D eigenvalue weighted by Gasteiger charge is -2.23. The van der Waals surface area contributed by atoms with E-state index in [0.29, 0.717) is 24.3 Å². The topological polar surface area (TPSA) is 23.6 Å². The summed E-state index contributed by atoms with van der Waals surface area (Å²) < 4.78 is 0. The Morgan fingerprint density at radius 2 is 2.31 bits per heavy atom. The van der Waals surface area contributed by atoms with Gasteiger partial charge < -0.3 is 9.80 Å². The van der Waals surface area contributed by atoms with E-state index in [-0.39, 0.29) is 0 Å². The number of carbonyl (C=O) groups is 1. The van der Waals surface area contributed by atoms with Gasteiger partial charge in [-0.3, -0.25) is 4.79 Å². The second kappa shape index (κ2) is 5.41. The van der Waals surface area contributed by atoms with E-state index in [1.807, 2.05) is 4.90 Å². The van der Waals surface area contributed by atoms with Crippen LogP contribution < -0.4 is 0 Å². The molecule has 0 radical (unpaired) electrons. The SMILES string of the molecule is CN1CCCC1CCN1CC(CS)CC1=O. The second-order valence-corrected chi connectivity index (χ2v) is 5.52. The van der Waals surface area contributed by atoms with Gasteiger partial charge in [0, 0.05) is 25.6 Å². The van der Waals surface area contributed by atoms with Crippen LogP contribution in [0.4, 0.5) is 0 Å². The number of carbonyl (C=O) groups excluding carboxylic acids is 1. The first-order valence-electron chi connectivity index (χ1n) is 6.29. The molecule has 2 heterocycles. The van der Waals surface area contributed by atoms with Crippen molar-refractivity contribution in [3.63, 3.8) is 0 Å². The largest absolute Gasteiger partial charge is 0.342 e. The summed E-state index contributed by atoms with van der Waals surface area (Å²) in [6.45, 7) is 3.09. The highest BCUT2D eigenvalue weighted by Gasteiger charge is 2.29. The highest BCUT2D eigenvalue weighted by atomic mass is 32.1. The molecule has 0 aromatic carbocycles. The van der Waals surface area contributed by atoms with Crippen molar-refractivity contribution < 1.29 is 4.79 Å². The Bertz CT molecular complexity index is 259. The maximum atomic E-state index is 11.7. The maximum Gasteiger partial charge on any atom is 0.222 e. The molecule has 4 heteroatoms. The van der Waals surface area contributed by atoms with E-state index in [0.717, 1.165) is 25.3 Å². The van der Waals surface area contributed by atoms with Gasteiger partial charge in [0.1, 0.15) is 0 Å². The molecule has 0 saturated carbocycles. The molecule has 2 fully saturated rings. The Morgan fingerprint density at radius 1 is 1.50 bits per heavy atom. The third kappa shape index (κ3) is 2.72. The lowest BCUT2D eigenvalue weighted by molar-refractivity contribution is -0.127. The van der Waals surface area contributed by atoms with Crippen molar-refractivity contribution in [1.29, 1.82) is 0 Å². The number of hydrogen-bond donors (Lipinski definition) is 1. The number of amides is 1. The highest BCUT2D eigenvalue weighted by molar-refractivity contribution is 7.80. The number of likely N-dealkylation sites (tertiary alicyclic amines) is 2. The minimum Gasteiger partial charge on any atom is -0.342 e. The fourth-order valence-electron chi connectivity index (χ4n) is 2.84. The Balaban J connectivity index is 1.75. The molecule has 2 rings (SSSR count). The molecule has 0 bridgehead atoms. The Hall–Kier alpha value is -0.220. The number of hydrogen-bond acceptors (Lipinski definition) is 3. The highest BCUT2D eigenvalue weighted by Crippen LogP contribution is 2.22. The van der Waals surface area contributed by atoms with Gasteiger partial charge >= 0.3 is 0 Å². The fraction of sp³-hybridized carbons (Fsp3) is 0.917. The Morgan fingerprint density at radius 3 is 2.88 bits per heavy atom. The Labute approximate surface area is 104 Å². The van der Waals surface area contributed by atoms with Crippen LogP contribution in [0.1, 0.15) is 25.7 Å². The number of rotatable bonds is 4. The van der Waals surface area contributed by atoms with E-state index in [9.17, 15) is 4.79 Å². The van der Waals surface area contributed by atoms with Gasteiger partial charge in [0.15, 0.2) is 0 Å². The normalized spacial score (nSPS) is 31.6. The minimum absolute atomic E-state index is 0.333. The summed E-state index contributed by atoms with van der Waals surface area (Å²) >= 11 is 4.28. The molecule has 16 heavy (non-hydrogen) atoms. The van der Waals surface area contributed by atoms with Crippen LogP contribution in [0, 0.1) is 5.92 Å². The summed E-state index contributed by atoms with van der Waals surface area (Å²) in [5.74, 6) is 1.66. The summed E-state index contributed by atoms with van der Waals surface area (Å²) in [6, 6.07) is 0.697. The lowest BCUT2D eigenvalue weighted by Crippen LogP contribution is -2.32. The quantitative estimate of drug-likeness (QED) is 0.750. The zero-order valence-electron chi connectivity index (χ0n) is 10.1. The predicted octanol–water partition coefficient (Wildman–Crippen LogP) is 1.25. The third-order valence-corrected chi connectivity index (χ3v) is 4.47. The summed E-state index contributed by atoms with van der Waals surface area (Å²) in [6.07, 6.45) is 4.47. The second-order valence-electron chi connectivity index (χ2n) is 5.16. The standard InChI is InChI=1S/C12H22N2OS/c1-13-5-2-3-11(13)4-6-14-8-10(9-16)7-12(14)15/h10-11,16H,2-9H2,1H3. The van der Waals surface area contributed by atoms with E-state index in [4.69, 9.17) is 0 Å². The molecular weight excluding hydrogens is 220 g/mol. The van der Waals surface area contributed by atoms with Gasteiger partial charge in [0.2, 0.25) is 5.91 Å². The van der Waals surface area contributed by atoms with Crippen LogP contribution in [0.25, 0.3) is 0 Å². The van der Waals surface area contributed by atoms with Gasteiger partial charge in [-0.15, -0.1) is 0 Å². The van der Waals surface area contributed by atoms with Crippen molar-refractivity contribution in [2.75, 3.05) is 32.4 Å². The average Bonchev–Trinajstić information content (AvgIpc) is 2.82. The van der Waals surface area contributed by atoms with Crippen LogP contribution in [-0.4, -0.2) is 54.2 Å². The third-order valence-electron chi connectivity index (χ3n) is 3.96. The van der Waals surface area contributed by atoms with Gasteiger partial charge in [0.25, 0.3) is 0 Å². The van der Waals surface area contributed by atoms with Crippen molar-refractivity contribution in [3.05, 3.63) is 0 Å². The first-order chi connectivity index (χ1) is 7.70. The fourth-order valence-corrected chi connectivity index (χ4v) is 3.09. The van der Waals surface area contributed by atoms with Crippen molar-refractivity contribution in [3.8, 4) is 0 Å². The van der Waals surface area contributed by atoms with Crippen LogP contribution in [0.3, 0.4) is 0 Å². The van der Waals surface area contributed by atoms with Crippen molar-refractivity contribution >= 4 is 18.5 Å². The molecule has 0 aromatic rings. The minimum atomic E-state index is 0.333. The monoisotopic (exact) mass is 242 g/mol. The molecule has 3 nitrogen and oxygen atoms in total. The van der Waals surface area contributed by atoms with Crippen LogP contribution in [0.5, 0.6) is 0 Å². The van der Waals surface area contributed by atoms with Gasteiger partial charge in [-0.2, -0.15) is 12.6 Å². The van der Waals surface area contributed by atoms with Gasteiger partial charge in [0.05, 0.1) is 0 Å². The lowest BCUT2D eigenvalue weighted by atomic mass is 10.1. The number of nitrogens with zero attached hydrogens (tertiary/aromatic N) is 2. The van der Waals surface area contributed by atoms with Crippen LogP contribution in [0.15, 0.2) is 0 Å². The molecule has 2 atom stereocenters. The predicted molar refractivity (Wildman–Crippen MR) is 68.8 cm³/mol. The van der Waals surface area contributed by atoms with E-state index >= 15 is 0 Å². The zero-order chi connectivity index (χ0) is 11.5. The Kier molecular flexibility index (Phi) is 4.14. The molecule has 2 aliphatic heterocycles. The molecule has 2 aliphatic rings. The average molecular weight is 242 g/mol. The van der Waals surface area contributed by atoms with Crippen LogP contribution in [0.2, 0.25) is 0 Å². The van der Waals surface area contributed by atoms with Crippen molar-refractivity contribution in [1.82, 2.24) is 9.80 Å². The molecule has 92 valence electrons. The molecule has 2 unspecified atom stereocenters. The van der Waals surface area contributed by atoms with Gasteiger partial charge in [-0.25, -0.2) is 0 Å². The maximum absolute atomic E-state index is 11.7. The van der Waals surface area contributed by atoms with Gasteiger partial charge in [-0.05, 0) is 44.5 Å². The van der Waals surface area contributed by atoms with Crippen LogP contribution in [-0.2, 0) is 4.79 Å². The molecular formula is C12H22N2OS. The van der Waals surface area contributed by atoms with Gasteiger partial charge in [-0.1, -0.05) is 0 Å². The summed E-state index contributed by atoms with van der Waals surface area (Å²) in [7, 11) is 2.19. The van der Waals surface area contributed by atoms with Crippen molar-refractivity contribution in [2.24, 2.45) is 5.92 Å². The van der Waals surface area contributed by atoms with E-state index < -0.39 is 0 Å². The van der Waals surface area contributed by atoms with E-state index in [1.54, 1.807) is 0 Å². The summed E-state index contributed by atoms with van der Waals surface area (Å²) in [5, 5.41) is 0. The molecule has 2 saturated heterocycles. The molecule has 0 aliphatic carbocycles. The molecule has 0 spiro atoms. The van der Waals surface area contributed by atoms with E-state index in [1.165, 1.54) is 19.4 Å². The van der Waals surface area contributed by atoms with Crippen LogP contribution >= 0.6 is 12.6 Å². The van der Waals surface area contributed by atoms with E-state index in [2.05, 4.69) is 24.6 Å². The summed E-state index contributed by atoms with van der Waals surface area (Å²) in [5.41, 5.74) is 0. The molecule has 0 aromatic heterocycles. The first kappa shape index (κ1) is 12.2. The molecule has 0 N–H and O–H groups in total.